The van der Waals surface area contributed by atoms with Crippen molar-refractivity contribution in [2.45, 2.75) is 233 Å². The standard InChI is InChI=1S/C44H84NO4/c1-9-11-13-15-17-19-21-23-25-27-29-31-33-35-37-39-41(46)48-43(3,4)45(7,8)44(5,6)49-42(47)40-38-36-34-32-30-28-26-24-22-20-18-16-14-12-10-2/h23-26H,9-22,27-40H2,1-8H3/q+1. The molecular weight excluding hydrogens is 606 g/mol. The van der Waals surface area contributed by atoms with Gasteiger partial charge in [0.2, 0.25) is 11.4 Å². The molecule has 0 bridgehead atoms. The molecule has 288 valence electrons. The average Bonchev–Trinajstić information content (AvgIpc) is 3.04. The predicted molar refractivity (Wildman–Crippen MR) is 211 cm³/mol. The zero-order valence-electron chi connectivity index (χ0n) is 34.2. The van der Waals surface area contributed by atoms with E-state index in [1.54, 1.807) is 0 Å². The van der Waals surface area contributed by atoms with Crippen LogP contribution in [-0.4, -0.2) is 42.0 Å². The van der Waals surface area contributed by atoms with Gasteiger partial charge in [-0.25, -0.2) is 0 Å². The third kappa shape index (κ3) is 25.1. The zero-order valence-corrected chi connectivity index (χ0v) is 34.2. The lowest BCUT2D eigenvalue weighted by molar-refractivity contribution is -1.02. The summed E-state index contributed by atoms with van der Waals surface area (Å²) >= 11 is 0. The number of hydrogen-bond donors (Lipinski definition) is 0. The maximum atomic E-state index is 12.8. The van der Waals surface area contributed by atoms with Crippen molar-refractivity contribution in [2.24, 2.45) is 0 Å². The number of esters is 2. The van der Waals surface area contributed by atoms with Gasteiger partial charge in [-0.15, -0.1) is 0 Å². The van der Waals surface area contributed by atoms with E-state index < -0.39 is 11.4 Å². The number of hydrogen-bond acceptors (Lipinski definition) is 4. The van der Waals surface area contributed by atoms with Crippen LogP contribution in [0.15, 0.2) is 24.3 Å². The fraction of sp³-hybridized carbons (Fsp3) is 0.864. The Bertz CT molecular complexity index is 789. The predicted octanol–water partition coefficient (Wildman–Crippen LogP) is 13.7. The lowest BCUT2D eigenvalue weighted by Gasteiger charge is -2.51. The van der Waals surface area contributed by atoms with E-state index in [2.05, 4.69) is 38.2 Å². The van der Waals surface area contributed by atoms with Crippen LogP contribution in [0.5, 0.6) is 0 Å². The molecule has 5 heteroatoms. The molecule has 5 nitrogen and oxygen atoms in total. The van der Waals surface area contributed by atoms with Crippen LogP contribution in [0.4, 0.5) is 0 Å². The second kappa shape index (κ2) is 30.0. The minimum atomic E-state index is -0.841. The van der Waals surface area contributed by atoms with Crippen molar-refractivity contribution in [1.82, 2.24) is 0 Å². The molecule has 0 heterocycles. The smallest absolute Gasteiger partial charge is 0.310 e. The molecule has 0 atom stereocenters. The van der Waals surface area contributed by atoms with Crippen molar-refractivity contribution in [3.05, 3.63) is 24.3 Å². The number of nitrogens with zero attached hydrogens (tertiary/aromatic N) is 1. The average molecular weight is 691 g/mol. The van der Waals surface area contributed by atoms with Gasteiger partial charge in [-0.05, 0) is 64.2 Å². The largest absolute Gasteiger partial charge is 0.410 e. The van der Waals surface area contributed by atoms with Crippen LogP contribution in [0.3, 0.4) is 0 Å². The molecule has 0 aromatic rings. The van der Waals surface area contributed by atoms with E-state index in [9.17, 15) is 9.59 Å². The molecule has 0 aliphatic heterocycles. The Hall–Kier alpha value is -1.62. The van der Waals surface area contributed by atoms with Gasteiger partial charge in [-0.2, -0.15) is 0 Å². The number of quaternary nitrogens is 1. The van der Waals surface area contributed by atoms with Gasteiger partial charge in [-0.1, -0.05) is 141 Å². The molecule has 0 aliphatic carbocycles. The van der Waals surface area contributed by atoms with Crippen LogP contribution in [0.25, 0.3) is 0 Å². The van der Waals surface area contributed by atoms with E-state index in [1.807, 2.05) is 41.8 Å². The molecule has 0 rings (SSSR count). The Morgan fingerprint density at radius 1 is 0.429 bits per heavy atom. The van der Waals surface area contributed by atoms with E-state index in [0.717, 1.165) is 51.4 Å². The number of rotatable bonds is 34. The van der Waals surface area contributed by atoms with E-state index in [1.165, 1.54) is 116 Å². The molecule has 0 aliphatic rings. The van der Waals surface area contributed by atoms with Gasteiger partial charge in [0.15, 0.2) is 0 Å². The lowest BCUT2D eigenvalue weighted by atomic mass is 10.1. The molecule has 0 fully saturated rings. The molecule has 0 saturated heterocycles. The summed E-state index contributed by atoms with van der Waals surface area (Å²) in [6.07, 6.45) is 42.3. The van der Waals surface area contributed by atoms with Gasteiger partial charge in [0.25, 0.3) is 0 Å². The number of allylic oxidation sites excluding steroid dienone is 4. The van der Waals surface area contributed by atoms with Gasteiger partial charge in [0, 0.05) is 40.5 Å². The first kappa shape index (κ1) is 47.4. The Labute approximate surface area is 306 Å². The zero-order chi connectivity index (χ0) is 36.7. The highest BCUT2D eigenvalue weighted by Gasteiger charge is 2.52. The quantitative estimate of drug-likeness (QED) is 0.0222. The molecule has 0 radical (unpaired) electrons. The van der Waals surface area contributed by atoms with Gasteiger partial charge >= 0.3 is 11.9 Å². The fourth-order valence-electron chi connectivity index (χ4n) is 6.22. The molecule has 0 aromatic carbocycles. The maximum absolute atomic E-state index is 12.8. The monoisotopic (exact) mass is 691 g/mol. The summed E-state index contributed by atoms with van der Waals surface area (Å²) in [5.74, 6) is -0.353. The van der Waals surface area contributed by atoms with Crippen LogP contribution in [0, 0.1) is 0 Å². The molecule has 49 heavy (non-hydrogen) atoms. The molecule has 0 saturated carbocycles. The Morgan fingerprint density at radius 2 is 0.673 bits per heavy atom. The normalized spacial score (nSPS) is 12.7. The molecular formula is C44H84NO4+. The van der Waals surface area contributed by atoms with Gasteiger partial charge < -0.3 is 9.47 Å². The van der Waals surface area contributed by atoms with Crippen molar-refractivity contribution in [1.29, 1.82) is 0 Å². The number of carbonyl (C=O) groups excluding carboxylic acids is 2. The molecule has 0 amide bonds. The summed E-state index contributed by atoms with van der Waals surface area (Å²) in [7, 11) is 3.95. The Balaban J connectivity index is 4.10. The maximum Gasteiger partial charge on any atom is 0.310 e. The highest BCUT2D eigenvalue weighted by atomic mass is 16.6. The van der Waals surface area contributed by atoms with E-state index in [-0.39, 0.29) is 16.4 Å². The first-order chi connectivity index (χ1) is 23.4. The minimum Gasteiger partial charge on any atom is -0.410 e. The summed E-state index contributed by atoms with van der Waals surface area (Å²) in [4.78, 5) is 25.6. The SMILES string of the molecule is CCCCCCCCC=CCCCCCCCC(=O)OC(C)(C)[N+](C)(C)C(C)(C)OC(=O)CCCCCCCC=CCCCCCCCC. The van der Waals surface area contributed by atoms with Crippen LogP contribution in [0.2, 0.25) is 0 Å². The molecule has 0 spiro atoms. The third-order valence-electron chi connectivity index (χ3n) is 10.7. The van der Waals surface area contributed by atoms with Crippen molar-refractivity contribution in [3.63, 3.8) is 0 Å². The second-order valence-corrected chi connectivity index (χ2v) is 16.0. The lowest BCUT2D eigenvalue weighted by Crippen LogP contribution is -2.69. The highest BCUT2D eigenvalue weighted by Crippen LogP contribution is 2.34. The van der Waals surface area contributed by atoms with Crippen LogP contribution in [0.1, 0.15) is 221 Å². The third-order valence-corrected chi connectivity index (χ3v) is 10.7. The van der Waals surface area contributed by atoms with Crippen molar-refractivity contribution < 1.29 is 23.5 Å². The first-order valence-electron chi connectivity index (χ1n) is 21.0. The van der Waals surface area contributed by atoms with E-state index >= 15 is 0 Å². The van der Waals surface area contributed by atoms with Gasteiger partial charge in [0.1, 0.15) is 0 Å². The minimum absolute atomic E-state index is 0.177. The Kier molecular flexibility index (Phi) is 29.1. The van der Waals surface area contributed by atoms with Crippen LogP contribution in [-0.2, 0) is 19.1 Å². The molecule has 0 unspecified atom stereocenters. The van der Waals surface area contributed by atoms with Crippen LogP contribution < -0.4 is 0 Å². The number of carbonyl (C=O) groups is 2. The van der Waals surface area contributed by atoms with Gasteiger partial charge in [-0.3, -0.25) is 14.1 Å². The topological polar surface area (TPSA) is 52.6 Å². The molecule has 0 aromatic heterocycles. The summed E-state index contributed by atoms with van der Waals surface area (Å²) in [5.41, 5.74) is -1.68. The first-order valence-corrected chi connectivity index (χ1v) is 21.0. The van der Waals surface area contributed by atoms with Crippen molar-refractivity contribution in [3.8, 4) is 0 Å². The van der Waals surface area contributed by atoms with E-state index in [4.69, 9.17) is 9.47 Å². The summed E-state index contributed by atoms with van der Waals surface area (Å²) < 4.78 is 12.2. The number of ether oxygens (including phenoxy) is 2. The summed E-state index contributed by atoms with van der Waals surface area (Å²) in [6.45, 7) is 12.2. The second-order valence-electron chi connectivity index (χ2n) is 16.0. The van der Waals surface area contributed by atoms with Crippen molar-refractivity contribution in [2.75, 3.05) is 14.1 Å². The van der Waals surface area contributed by atoms with Crippen LogP contribution >= 0.6 is 0 Å². The number of unbranched alkanes of at least 4 members (excludes halogenated alkanes) is 22. The highest BCUT2D eigenvalue weighted by molar-refractivity contribution is 5.70. The van der Waals surface area contributed by atoms with Gasteiger partial charge in [0.05, 0.1) is 14.1 Å². The molecule has 0 N–H and O–H groups in total. The van der Waals surface area contributed by atoms with Crippen molar-refractivity contribution >= 4 is 11.9 Å². The fourth-order valence-corrected chi connectivity index (χ4v) is 6.22. The summed E-state index contributed by atoms with van der Waals surface area (Å²) in [5, 5.41) is 0. The van der Waals surface area contributed by atoms with E-state index in [0.29, 0.717) is 12.8 Å². The summed E-state index contributed by atoms with van der Waals surface area (Å²) in [6, 6.07) is 0. The Morgan fingerprint density at radius 3 is 0.959 bits per heavy atom.